The van der Waals surface area contributed by atoms with Gasteiger partial charge in [-0.25, -0.2) is 0 Å². The Morgan fingerprint density at radius 3 is 3.00 bits per heavy atom. The number of methoxy groups -OCH3 is 1. The first-order valence-corrected chi connectivity index (χ1v) is 5.73. The molecule has 1 aromatic rings. The van der Waals surface area contributed by atoms with Gasteiger partial charge in [0.15, 0.2) is 0 Å². The Hall–Kier alpha value is -1.66. The highest BCUT2D eigenvalue weighted by atomic mass is 16.5. The zero-order chi connectivity index (χ0) is 13.5. The Kier molecular flexibility index (Phi) is 5.54. The molecule has 1 rings (SSSR count). The zero-order valence-electron chi connectivity index (χ0n) is 10.9. The molecule has 6 nitrogen and oxygen atoms in total. The van der Waals surface area contributed by atoms with Gasteiger partial charge in [-0.05, 0) is 0 Å². The van der Waals surface area contributed by atoms with Crippen LogP contribution in [0.15, 0.2) is 25.0 Å². The second-order valence-electron chi connectivity index (χ2n) is 3.99. The fourth-order valence-electron chi connectivity index (χ4n) is 1.59. The van der Waals surface area contributed by atoms with E-state index in [0.29, 0.717) is 25.3 Å². The molecule has 100 valence electrons. The first kappa shape index (κ1) is 14.4. The number of aromatic nitrogens is 2. The largest absolute Gasteiger partial charge is 0.383 e. The second-order valence-corrected chi connectivity index (χ2v) is 3.99. The fraction of sp³-hybridized carbons (Fsp3) is 0.500. The van der Waals surface area contributed by atoms with E-state index in [0.717, 1.165) is 0 Å². The summed E-state index contributed by atoms with van der Waals surface area (Å²) in [7, 11) is 3.38. The van der Waals surface area contributed by atoms with E-state index in [9.17, 15) is 4.79 Å². The standard InChI is InChI=1S/C12H20N4O2/c1-4-5-16(6-7-18-3)12(17)11(13)10-8-14-15(2)9-10/h4,8-9,11H,1,5-7,13H2,2-3H3. The summed E-state index contributed by atoms with van der Waals surface area (Å²) in [5.74, 6) is -0.153. The number of carbonyl (C=O) groups excluding carboxylic acids is 1. The topological polar surface area (TPSA) is 73.4 Å². The van der Waals surface area contributed by atoms with Gasteiger partial charge in [-0.1, -0.05) is 6.08 Å². The van der Waals surface area contributed by atoms with Gasteiger partial charge in [0.25, 0.3) is 0 Å². The third kappa shape index (κ3) is 3.68. The number of rotatable bonds is 7. The Morgan fingerprint density at radius 2 is 2.50 bits per heavy atom. The van der Waals surface area contributed by atoms with E-state index in [1.54, 1.807) is 42.2 Å². The van der Waals surface area contributed by atoms with Crippen LogP contribution in [0, 0.1) is 0 Å². The summed E-state index contributed by atoms with van der Waals surface area (Å²) in [4.78, 5) is 13.8. The van der Waals surface area contributed by atoms with Crippen LogP contribution in [0.5, 0.6) is 0 Å². The maximum absolute atomic E-state index is 12.2. The Labute approximate surface area is 107 Å². The molecule has 0 radical (unpaired) electrons. The summed E-state index contributed by atoms with van der Waals surface area (Å²) in [6.07, 6.45) is 5.01. The van der Waals surface area contributed by atoms with Crippen LogP contribution < -0.4 is 5.73 Å². The Morgan fingerprint density at radius 1 is 1.78 bits per heavy atom. The summed E-state index contributed by atoms with van der Waals surface area (Å²) in [6.45, 7) is 5.06. The van der Waals surface area contributed by atoms with Crippen LogP contribution in [0.1, 0.15) is 11.6 Å². The van der Waals surface area contributed by atoms with Gasteiger partial charge in [0, 0.05) is 39.0 Å². The lowest BCUT2D eigenvalue weighted by atomic mass is 10.1. The number of nitrogens with two attached hydrogens (primary N) is 1. The summed E-state index contributed by atoms with van der Waals surface area (Å²) in [5.41, 5.74) is 6.64. The summed E-state index contributed by atoms with van der Waals surface area (Å²) >= 11 is 0. The number of aryl methyl sites for hydroxylation is 1. The average Bonchev–Trinajstić information content (AvgIpc) is 2.79. The first-order valence-electron chi connectivity index (χ1n) is 5.73. The van der Waals surface area contributed by atoms with Gasteiger partial charge in [-0.2, -0.15) is 5.10 Å². The molecule has 0 aliphatic rings. The maximum atomic E-state index is 12.2. The number of carbonyl (C=O) groups is 1. The van der Waals surface area contributed by atoms with Crippen molar-refractivity contribution >= 4 is 5.91 Å². The number of ether oxygens (including phenoxy) is 1. The van der Waals surface area contributed by atoms with Crippen LogP contribution >= 0.6 is 0 Å². The molecular weight excluding hydrogens is 232 g/mol. The van der Waals surface area contributed by atoms with E-state index in [1.165, 1.54) is 0 Å². The van der Waals surface area contributed by atoms with Crippen molar-refractivity contribution in [3.8, 4) is 0 Å². The third-order valence-corrected chi connectivity index (χ3v) is 2.58. The van der Waals surface area contributed by atoms with Crippen LogP contribution in [0.25, 0.3) is 0 Å². The smallest absolute Gasteiger partial charge is 0.244 e. The lowest BCUT2D eigenvalue weighted by Crippen LogP contribution is -2.40. The molecule has 1 unspecified atom stereocenters. The van der Waals surface area contributed by atoms with E-state index in [4.69, 9.17) is 10.5 Å². The van der Waals surface area contributed by atoms with Crippen molar-refractivity contribution in [2.24, 2.45) is 12.8 Å². The minimum atomic E-state index is -0.699. The number of nitrogens with zero attached hydrogens (tertiary/aromatic N) is 3. The molecule has 0 bridgehead atoms. The van der Waals surface area contributed by atoms with E-state index in [2.05, 4.69) is 11.7 Å². The monoisotopic (exact) mass is 252 g/mol. The van der Waals surface area contributed by atoms with Crippen molar-refractivity contribution < 1.29 is 9.53 Å². The quantitative estimate of drug-likeness (QED) is 0.698. The van der Waals surface area contributed by atoms with Crippen LogP contribution in [-0.4, -0.2) is 47.4 Å². The summed E-state index contributed by atoms with van der Waals surface area (Å²) in [5, 5.41) is 4.01. The molecule has 0 spiro atoms. The molecule has 1 heterocycles. The summed E-state index contributed by atoms with van der Waals surface area (Å²) < 4.78 is 6.59. The van der Waals surface area contributed by atoms with E-state index in [-0.39, 0.29) is 5.91 Å². The van der Waals surface area contributed by atoms with Gasteiger partial charge in [0.1, 0.15) is 6.04 Å². The third-order valence-electron chi connectivity index (χ3n) is 2.58. The molecule has 1 amide bonds. The van der Waals surface area contributed by atoms with Crippen LogP contribution in [0.4, 0.5) is 0 Å². The van der Waals surface area contributed by atoms with Crippen molar-refractivity contribution in [1.82, 2.24) is 14.7 Å². The van der Waals surface area contributed by atoms with Gasteiger partial charge < -0.3 is 15.4 Å². The lowest BCUT2D eigenvalue weighted by molar-refractivity contribution is -0.132. The van der Waals surface area contributed by atoms with Crippen molar-refractivity contribution in [3.05, 3.63) is 30.6 Å². The van der Waals surface area contributed by atoms with E-state index >= 15 is 0 Å². The normalized spacial score (nSPS) is 12.2. The highest BCUT2D eigenvalue weighted by Gasteiger charge is 2.22. The molecule has 0 saturated heterocycles. The minimum absolute atomic E-state index is 0.153. The Bertz CT molecular complexity index is 403. The molecule has 0 saturated carbocycles. The van der Waals surface area contributed by atoms with Gasteiger partial charge in [-0.15, -0.1) is 6.58 Å². The predicted octanol–water partition coefficient (Wildman–Crippen LogP) is 0.0809. The minimum Gasteiger partial charge on any atom is -0.383 e. The molecule has 0 fully saturated rings. The van der Waals surface area contributed by atoms with Crippen LogP contribution in [0.3, 0.4) is 0 Å². The molecule has 0 aliphatic carbocycles. The predicted molar refractivity (Wildman–Crippen MR) is 68.8 cm³/mol. The maximum Gasteiger partial charge on any atom is 0.244 e. The molecule has 1 aromatic heterocycles. The molecule has 2 N–H and O–H groups in total. The van der Waals surface area contributed by atoms with Crippen molar-refractivity contribution in [2.75, 3.05) is 26.8 Å². The highest BCUT2D eigenvalue weighted by molar-refractivity contribution is 5.83. The van der Waals surface area contributed by atoms with Crippen LogP contribution in [0.2, 0.25) is 0 Å². The molecule has 18 heavy (non-hydrogen) atoms. The SMILES string of the molecule is C=CCN(CCOC)C(=O)C(N)c1cnn(C)c1. The van der Waals surface area contributed by atoms with Gasteiger partial charge >= 0.3 is 0 Å². The van der Waals surface area contributed by atoms with Gasteiger partial charge in [0.05, 0.1) is 12.8 Å². The zero-order valence-corrected chi connectivity index (χ0v) is 10.9. The van der Waals surface area contributed by atoms with Crippen molar-refractivity contribution in [3.63, 3.8) is 0 Å². The molecule has 0 aliphatic heterocycles. The first-order chi connectivity index (χ1) is 8.60. The fourth-order valence-corrected chi connectivity index (χ4v) is 1.59. The second kappa shape index (κ2) is 6.93. The van der Waals surface area contributed by atoms with Crippen LogP contribution in [-0.2, 0) is 16.6 Å². The Balaban J connectivity index is 2.72. The highest BCUT2D eigenvalue weighted by Crippen LogP contribution is 2.12. The van der Waals surface area contributed by atoms with Gasteiger partial charge in [-0.3, -0.25) is 9.48 Å². The molecule has 1 atom stereocenters. The molecule has 0 aromatic carbocycles. The molecule has 6 heteroatoms. The van der Waals surface area contributed by atoms with E-state index < -0.39 is 6.04 Å². The molecular formula is C12H20N4O2. The van der Waals surface area contributed by atoms with Gasteiger partial charge in [0.2, 0.25) is 5.91 Å². The summed E-state index contributed by atoms with van der Waals surface area (Å²) in [6, 6.07) is -0.699. The van der Waals surface area contributed by atoms with E-state index in [1.807, 2.05) is 0 Å². The average molecular weight is 252 g/mol. The number of hydrogen-bond acceptors (Lipinski definition) is 4. The lowest BCUT2D eigenvalue weighted by Gasteiger charge is -2.23. The number of amides is 1. The van der Waals surface area contributed by atoms with Crippen molar-refractivity contribution in [2.45, 2.75) is 6.04 Å². The number of hydrogen-bond donors (Lipinski definition) is 1. The van der Waals surface area contributed by atoms with Crippen molar-refractivity contribution in [1.29, 1.82) is 0 Å².